The van der Waals surface area contributed by atoms with Crippen LogP contribution in [-0.4, -0.2) is 41.9 Å². The molecule has 8 nitrogen and oxygen atoms in total. The van der Waals surface area contributed by atoms with Gasteiger partial charge in [0.05, 0.1) is 6.54 Å². The molecule has 156 valence electrons. The van der Waals surface area contributed by atoms with Crippen molar-refractivity contribution >= 4 is 18.1 Å². The molecule has 0 spiro atoms. The zero-order chi connectivity index (χ0) is 21.4. The van der Waals surface area contributed by atoms with E-state index in [1.807, 2.05) is 30.3 Å². The first-order valence-corrected chi connectivity index (χ1v) is 9.14. The molecule has 0 fully saturated rings. The molecule has 3 N–H and O–H groups in total. The van der Waals surface area contributed by atoms with Gasteiger partial charge in [0.2, 0.25) is 5.91 Å². The lowest BCUT2D eigenvalue weighted by atomic mass is 10.2. The highest BCUT2D eigenvalue weighted by atomic mass is 16.6. The van der Waals surface area contributed by atoms with Crippen LogP contribution in [-0.2, 0) is 20.8 Å². The number of carbonyl (C=O) groups excluding carboxylic acids is 3. The summed E-state index contributed by atoms with van der Waals surface area (Å²) in [5.74, 6) is -0.453. The Labute approximate surface area is 166 Å². The highest BCUT2D eigenvalue weighted by Crippen LogP contribution is 2.08. The predicted molar refractivity (Wildman–Crippen MR) is 106 cm³/mol. The van der Waals surface area contributed by atoms with Crippen LogP contribution < -0.4 is 16.0 Å². The van der Waals surface area contributed by atoms with Gasteiger partial charge in [0.1, 0.15) is 17.2 Å². The number of nitrogens with one attached hydrogen (secondary N) is 3. The zero-order valence-electron chi connectivity index (χ0n) is 17.4. The molecule has 1 unspecified atom stereocenters. The van der Waals surface area contributed by atoms with Gasteiger partial charge in [-0.15, -0.1) is 0 Å². The Morgan fingerprint density at radius 1 is 0.857 bits per heavy atom. The van der Waals surface area contributed by atoms with Crippen molar-refractivity contribution in [3.63, 3.8) is 0 Å². The number of benzene rings is 1. The van der Waals surface area contributed by atoms with Crippen molar-refractivity contribution in [2.75, 3.05) is 6.54 Å². The van der Waals surface area contributed by atoms with Crippen LogP contribution in [0.1, 0.15) is 47.1 Å². The Morgan fingerprint density at radius 2 is 1.39 bits per heavy atom. The fourth-order valence-corrected chi connectivity index (χ4v) is 2.07. The van der Waals surface area contributed by atoms with Crippen molar-refractivity contribution in [1.82, 2.24) is 16.0 Å². The summed E-state index contributed by atoms with van der Waals surface area (Å²) in [5.41, 5.74) is -0.478. The van der Waals surface area contributed by atoms with E-state index in [4.69, 9.17) is 9.47 Å². The molecule has 1 aromatic rings. The van der Waals surface area contributed by atoms with Gasteiger partial charge in [-0.1, -0.05) is 30.3 Å². The van der Waals surface area contributed by atoms with Crippen LogP contribution in [0.15, 0.2) is 30.3 Å². The normalized spacial score (nSPS) is 12.5. The van der Waals surface area contributed by atoms with E-state index in [0.29, 0.717) is 6.54 Å². The third-order valence-electron chi connectivity index (χ3n) is 3.17. The molecule has 0 aliphatic rings. The van der Waals surface area contributed by atoms with Crippen LogP contribution in [0.4, 0.5) is 9.59 Å². The summed E-state index contributed by atoms with van der Waals surface area (Å²) < 4.78 is 10.4. The number of ether oxygens (including phenoxy) is 2. The maximum Gasteiger partial charge on any atom is 0.408 e. The van der Waals surface area contributed by atoms with Gasteiger partial charge >= 0.3 is 12.2 Å². The van der Waals surface area contributed by atoms with Gasteiger partial charge in [-0.05, 0) is 47.1 Å². The maximum absolute atomic E-state index is 12.5. The van der Waals surface area contributed by atoms with E-state index in [2.05, 4.69) is 16.0 Å². The van der Waals surface area contributed by atoms with Crippen LogP contribution >= 0.6 is 0 Å². The minimum atomic E-state index is -1.02. The fraction of sp³-hybridized carbons (Fsp3) is 0.550. The molecule has 1 aromatic carbocycles. The Kier molecular flexibility index (Phi) is 8.28. The topological polar surface area (TPSA) is 106 Å². The molecule has 0 saturated heterocycles. The molecule has 0 aliphatic carbocycles. The van der Waals surface area contributed by atoms with Crippen molar-refractivity contribution < 1.29 is 23.9 Å². The van der Waals surface area contributed by atoms with Gasteiger partial charge in [-0.2, -0.15) is 0 Å². The van der Waals surface area contributed by atoms with Gasteiger partial charge in [-0.25, -0.2) is 9.59 Å². The standard InChI is InChI=1S/C20H31N3O5/c1-19(2,3)27-17(25)22-13-15(23-18(26)28-20(4,5)6)16(24)21-12-14-10-8-7-9-11-14/h7-11,15H,12-13H2,1-6H3,(H,21,24)(H,22,25)(H,23,26). The van der Waals surface area contributed by atoms with E-state index < -0.39 is 35.3 Å². The van der Waals surface area contributed by atoms with E-state index in [-0.39, 0.29) is 6.54 Å². The molecule has 1 atom stereocenters. The zero-order valence-corrected chi connectivity index (χ0v) is 17.4. The van der Waals surface area contributed by atoms with Crippen LogP contribution in [0.5, 0.6) is 0 Å². The lowest BCUT2D eigenvalue weighted by molar-refractivity contribution is -0.123. The second kappa shape index (κ2) is 9.96. The van der Waals surface area contributed by atoms with Crippen LogP contribution in [0.3, 0.4) is 0 Å². The van der Waals surface area contributed by atoms with E-state index in [1.165, 1.54) is 0 Å². The van der Waals surface area contributed by atoms with Crippen molar-refractivity contribution in [2.24, 2.45) is 0 Å². The number of amides is 3. The van der Waals surface area contributed by atoms with Crippen LogP contribution in [0.2, 0.25) is 0 Å². The highest BCUT2D eigenvalue weighted by Gasteiger charge is 2.26. The summed E-state index contributed by atoms with van der Waals surface area (Å²) >= 11 is 0. The van der Waals surface area contributed by atoms with Crippen molar-refractivity contribution in [3.05, 3.63) is 35.9 Å². The van der Waals surface area contributed by atoms with E-state index in [1.54, 1.807) is 41.5 Å². The van der Waals surface area contributed by atoms with Crippen molar-refractivity contribution in [2.45, 2.75) is 65.3 Å². The van der Waals surface area contributed by atoms with E-state index in [9.17, 15) is 14.4 Å². The van der Waals surface area contributed by atoms with Crippen molar-refractivity contribution in [3.8, 4) is 0 Å². The molecule has 8 heteroatoms. The average Bonchev–Trinajstić information content (AvgIpc) is 2.54. The monoisotopic (exact) mass is 393 g/mol. The maximum atomic E-state index is 12.5. The average molecular weight is 393 g/mol. The molecule has 0 aromatic heterocycles. The van der Waals surface area contributed by atoms with E-state index in [0.717, 1.165) is 5.56 Å². The Balaban J connectivity index is 2.71. The molecule has 3 amide bonds. The summed E-state index contributed by atoms with van der Waals surface area (Å²) in [5, 5.41) is 7.72. The van der Waals surface area contributed by atoms with Gasteiger partial charge in [0.25, 0.3) is 0 Å². The number of rotatable bonds is 6. The molecular formula is C20H31N3O5. The summed E-state index contributed by atoms with van der Waals surface area (Å²) in [6.07, 6.45) is -1.43. The van der Waals surface area contributed by atoms with Gasteiger partial charge < -0.3 is 25.4 Å². The Morgan fingerprint density at radius 3 is 1.93 bits per heavy atom. The first kappa shape index (κ1) is 23.3. The molecule has 28 heavy (non-hydrogen) atoms. The third-order valence-corrected chi connectivity index (χ3v) is 3.17. The second-order valence-corrected chi connectivity index (χ2v) is 8.29. The summed E-state index contributed by atoms with van der Waals surface area (Å²) in [4.78, 5) is 36.5. The second-order valence-electron chi connectivity index (χ2n) is 8.29. The van der Waals surface area contributed by atoms with Crippen LogP contribution in [0, 0.1) is 0 Å². The molecule has 0 aliphatic heterocycles. The molecular weight excluding hydrogens is 362 g/mol. The molecule has 0 radical (unpaired) electrons. The lowest BCUT2D eigenvalue weighted by Gasteiger charge is -2.24. The lowest BCUT2D eigenvalue weighted by Crippen LogP contribution is -2.53. The molecule has 0 bridgehead atoms. The Hall–Kier alpha value is -2.77. The van der Waals surface area contributed by atoms with Gasteiger partial charge in [-0.3, -0.25) is 4.79 Å². The predicted octanol–water partition coefficient (Wildman–Crippen LogP) is 2.72. The minimum Gasteiger partial charge on any atom is -0.444 e. The summed E-state index contributed by atoms with van der Waals surface area (Å²) in [6.45, 7) is 10.5. The number of carbonyl (C=O) groups is 3. The largest absolute Gasteiger partial charge is 0.444 e. The fourth-order valence-electron chi connectivity index (χ4n) is 2.07. The molecule has 0 heterocycles. The third kappa shape index (κ3) is 10.4. The smallest absolute Gasteiger partial charge is 0.408 e. The molecule has 1 rings (SSSR count). The first-order valence-electron chi connectivity index (χ1n) is 9.14. The number of hydrogen-bond donors (Lipinski definition) is 3. The summed E-state index contributed by atoms with van der Waals surface area (Å²) in [6, 6.07) is 8.32. The summed E-state index contributed by atoms with van der Waals surface area (Å²) in [7, 11) is 0. The quantitative estimate of drug-likeness (QED) is 0.689. The van der Waals surface area contributed by atoms with Gasteiger partial charge in [0, 0.05) is 6.54 Å². The highest BCUT2D eigenvalue weighted by molar-refractivity contribution is 5.86. The number of alkyl carbamates (subject to hydrolysis) is 2. The number of hydrogen-bond acceptors (Lipinski definition) is 5. The first-order chi connectivity index (χ1) is 12.9. The minimum absolute atomic E-state index is 0.144. The van der Waals surface area contributed by atoms with Crippen molar-refractivity contribution in [1.29, 1.82) is 0 Å². The van der Waals surface area contributed by atoms with Crippen LogP contribution in [0.25, 0.3) is 0 Å². The van der Waals surface area contributed by atoms with E-state index >= 15 is 0 Å². The Bertz CT molecular complexity index is 663. The SMILES string of the molecule is CC(C)(C)OC(=O)NCC(NC(=O)OC(C)(C)C)C(=O)NCc1ccccc1. The van der Waals surface area contributed by atoms with Gasteiger partial charge in [0.15, 0.2) is 0 Å². The molecule has 0 saturated carbocycles.